The molecule has 2 aliphatic rings. The van der Waals surface area contributed by atoms with Crippen LogP contribution in [0.5, 0.6) is 0 Å². The highest BCUT2D eigenvalue weighted by Gasteiger charge is 2.34. The average Bonchev–Trinajstić information content (AvgIpc) is 3.18. The first-order valence-corrected chi connectivity index (χ1v) is 7.09. The van der Waals surface area contributed by atoms with E-state index < -0.39 is 0 Å². The molecule has 0 saturated heterocycles. The fraction of sp³-hybridized carbons (Fsp3) is 0.294. The van der Waals surface area contributed by atoms with E-state index in [1.165, 1.54) is 12.8 Å². The van der Waals surface area contributed by atoms with Crippen molar-refractivity contribution in [2.45, 2.75) is 12.8 Å². The Labute approximate surface area is 117 Å². The molecule has 0 aliphatic heterocycles. The molecule has 1 saturated carbocycles. The minimum Gasteiger partial charge on any atom is -0.337 e. The summed E-state index contributed by atoms with van der Waals surface area (Å²) >= 11 is 0. The monoisotopic (exact) mass is 261 g/mol. The molecule has 2 aromatic rings. The van der Waals surface area contributed by atoms with Crippen molar-refractivity contribution in [3.8, 4) is 6.07 Å². The van der Waals surface area contributed by atoms with Crippen LogP contribution >= 0.6 is 0 Å². The second-order valence-corrected chi connectivity index (χ2v) is 5.74. The van der Waals surface area contributed by atoms with E-state index in [1.54, 1.807) is 0 Å². The molecule has 2 aliphatic carbocycles. The highest BCUT2D eigenvalue weighted by molar-refractivity contribution is 5.82. The van der Waals surface area contributed by atoms with Crippen LogP contribution in [-0.4, -0.2) is 9.97 Å². The first-order valence-electron chi connectivity index (χ1n) is 7.09. The number of nitriles is 1. The summed E-state index contributed by atoms with van der Waals surface area (Å²) in [5.74, 6) is 2.53. The van der Waals surface area contributed by atoms with Gasteiger partial charge in [0.25, 0.3) is 0 Å². The first kappa shape index (κ1) is 11.5. The van der Waals surface area contributed by atoms with Gasteiger partial charge in [0.2, 0.25) is 0 Å². The zero-order valence-corrected chi connectivity index (χ0v) is 11.1. The Kier molecular flexibility index (Phi) is 2.50. The van der Waals surface area contributed by atoms with Crippen LogP contribution in [0.1, 0.15) is 18.7 Å². The van der Waals surface area contributed by atoms with Crippen LogP contribution in [0.2, 0.25) is 0 Å². The largest absolute Gasteiger partial charge is 0.337 e. The predicted molar refractivity (Wildman–Crippen MR) is 78.5 cm³/mol. The summed E-state index contributed by atoms with van der Waals surface area (Å²) in [5, 5.41) is 9.44. The van der Waals surface area contributed by atoms with E-state index in [9.17, 15) is 5.26 Å². The zero-order chi connectivity index (χ0) is 13.5. The van der Waals surface area contributed by atoms with Crippen LogP contribution in [0.15, 0.2) is 42.5 Å². The standard InChI is InChI=1S/C17H15N3/c18-10-14(9-13-8-11-5-6-12(13)7-11)17-19-15-3-1-2-4-16(15)20-17/h1-6,9,11-13H,7-8H2,(H,19,20)/b14-9+/t11-,12-,13-/m0/s1. The number of rotatable bonds is 2. The van der Waals surface area contributed by atoms with E-state index in [2.05, 4.69) is 34.3 Å². The molecule has 1 fully saturated rings. The van der Waals surface area contributed by atoms with Crippen molar-refractivity contribution in [3.63, 3.8) is 0 Å². The molecular formula is C17H15N3. The topological polar surface area (TPSA) is 52.5 Å². The van der Waals surface area contributed by atoms with Crippen molar-refractivity contribution in [2.75, 3.05) is 0 Å². The lowest BCUT2D eigenvalue weighted by Crippen LogP contribution is -2.04. The lowest BCUT2D eigenvalue weighted by molar-refractivity contribution is 0.551. The number of nitrogens with zero attached hydrogens (tertiary/aromatic N) is 2. The number of aromatic nitrogens is 2. The van der Waals surface area contributed by atoms with E-state index >= 15 is 0 Å². The molecule has 1 N–H and O–H groups in total. The lowest BCUT2D eigenvalue weighted by atomic mass is 9.91. The van der Waals surface area contributed by atoms with Gasteiger partial charge in [-0.05, 0) is 42.7 Å². The third kappa shape index (κ3) is 1.77. The van der Waals surface area contributed by atoms with Gasteiger partial charge in [-0.25, -0.2) is 4.98 Å². The number of aromatic amines is 1. The van der Waals surface area contributed by atoms with Crippen LogP contribution in [0.25, 0.3) is 16.6 Å². The Morgan fingerprint density at radius 1 is 1.30 bits per heavy atom. The number of allylic oxidation sites excluding steroid dienone is 4. The normalized spacial score (nSPS) is 28.1. The van der Waals surface area contributed by atoms with Crippen molar-refractivity contribution in [1.82, 2.24) is 9.97 Å². The SMILES string of the molecule is N#C/C(=C\[C@@H]1C[C@H]2C=C[C@H]1C2)c1nc2ccccc2[nH]1. The number of H-pyrrole nitrogens is 1. The number of benzene rings is 1. The molecule has 1 aromatic carbocycles. The molecule has 0 amide bonds. The second kappa shape index (κ2) is 4.35. The van der Waals surface area contributed by atoms with Crippen LogP contribution in [0.3, 0.4) is 0 Å². The van der Waals surface area contributed by atoms with Gasteiger partial charge in [0.15, 0.2) is 0 Å². The van der Waals surface area contributed by atoms with Crippen molar-refractivity contribution >= 4 is 16.6 Å². The van der Waals surface area contributed by atoms with Crippen molar-refractivity contribution < 1.29 is 0 Å². The molecule has 4 rings (SSSR count). The maximum atomic E-state index is 9.44. The number of hydrogen-bond donors (Lipinski definition) is 1. The average molecular weight is 261 g/mol. The highest BCUT2D eigenvalue weighted by atomic mass is 14.9. The van der Waals surface area contributed by atoms with Gasteiger partial charge in [0.05, 0.1) is 16.6 Å². The van der Waals surface area contributed by atoms with E-state index in [1.807, 2.05) is 24.3 Å². The van der Waals surface area contributed by atoms with Gasteiger partial charge in [-0.15, -0.1) is 0 Å². The fourth-order valence-corrected chi connectivity index (χ4v) is 3.48. The molecule has 0 radical (unpaired) electrons. The smallest absolute Gasteiger partial charge is 0.148 e. The Hall–Kier alpha value is -2.34. The van der Waals surface area contributed by atoms with Crippen LogP contribution < -0.4 is 0 Å². The van der Waals surface area contributed by atoms with E-state index in [0.29, 0.717) is 23.2 Å². The van der Waals surface area contributed by atoms with Crippen molar-refractivity contribution in [2.24, 2.45) is 17.8 Å². The summed E-state index contributed by atoms with van der Waals surface area (Å²) in [6.07, 6.45) is 9.17. The molecule has 1 heterocycles. The molecule has 3 nitrogen and oxygen atoms in total. The first-order chi connectivity index (χ1) is 9.83. The van der Waals surface area contributed by atoms with Crippen molar-refractivity contribution in [1.29, 1.82) is 5.26 Å². The number of hydrogen-bond acceptors (Lipinski definition) is 2. The van der Waals surface area contributed by atoms with Gasteiger partial charge in [-0.1, -0.05) is 30.4 Å². The zero-order valence-electron chi connectivity index (χ0n) is 11.1. The van der Waals surface area contributed by atoms with Gasteiger partial charge in [0, 0.05) is 0 Å². The Morgan fingerprint density at radius 2 is 2.20 bits per heavy atom. The van der Waals surface area contributed by atoms with Gasteiger partial charge >= 0.3 is 0 Å². The van der Waals surface area contributed by atoms with Gasteiger partial charge in [-0.2, -0.15) is 5.26 Å². The molecule has 3 atom stereocenters. The third-order valence-electron chi connectivity index (χ3n) is 4.48. The predicted octanol–water partition coefficient (Wildman–Crippen LogP) is 3.68. The Bertz CT molecular complexity index is 727. The molecular weight excluding hydrogens is 246 g/mol. The summed E-state index contributed by atoms with van der Waals surface area (Å²) in [7, 11) is 0. The molecule has 98 valence electrons. The molecule has 3 heteroatoms. The highest BCUT2D eigenvalue weighted by Crippen LogP contribution is 2.44. The van der Waals surface area contributed by atoms with Gasteiger partial charge in [-0.3, -0.25) is 0 Å². The third-order valence-corrected chi connectivity index (χ3v) is 4.48. The fourth-order valence-electron chi connectivity index (χ4n) is 3.48. The summed E-state index contributed by atoms with van der Waals surface area (Å²) < 4.78 is 0. The second-order valence-electron chi connectivity index (χ2n) is 5.74. The molecule has 0 spiro atoms. The number of para-hydroxylation sites is 2. The molecule has 0 unspecified atom stereocenters. The lowest BCUT2D eigenvalue weighted by Gasteiger charge is -2.13. The number of imidazole rings is 1. The van der Waals surface area contributed by atoms with Crippen LogP contribution in [0.4, 0.5) is 0 Å². The summed E-state index contributed by atoms with van der Waals surface area (Å²) in [6.45, 7) is 0. The summed E-state index contributed by atoms with van der Waals surface area (Å²) in [5.41, 5.74) is 2.57. The molecule has 20 heavy (non-hydrogen) atoms. The number of nitrogens with one attached hydrogen (secondary N) is 1. The van der Waals surface area contributed by atoms with E-state index in [-0.39, 0.29) is 0 Å². The van der Waals surface area contributed by atoms with Gasteiger partial charge < -0.3 is 4.98 Å². The minimum absolute atomic E-state index is 0.493. The summed E-state index contributed by atoms with van der Waals surface area (Å²) in [6, 6.07) is 10.2. The van der Waals surface area contributed by atoms with Crippen LogP contribution in [0, 0.1) is 29.1 Å². The van der Waals surface area contributed by atoms with Crippen molar-refractivity contribution in [3.05, 3.63) is 48.3 Å². The van der Waals surface area contributed by atoms with E-state index in [0.717, 1.165) is 17.0 Å². The summed E-state index contributed by atoms with van der Waals surface area (Å²) in [4.78, 5) is 7.77. The number of fused-ring (bicyclic) bond motifs is 3. The Balaban J connectivity index is 1.71. The van der Waals surface area contributed by atoms with Crippen LogP contribution in [-0.2, 0) is 0 Å². The molecule has 1 aromatic heterocycles. The minimum atomic E-state index is 0.493. The molecule has 2 bridgehead atoms. The van der Waals surface area contributed by atoms with Gasteiger partial charge in [0.1, 0.15) is 11.9 Å². The maximum Gasteiger partial charge on any atom is 0.148 e. The maximum absolute atomic E-state index is 9.44. The Morgan fingerprint density at radius 3 is 2.90 bits per heavy atom. The quantitative estimate of drug-likeness (QED) is 0.662. The van der Waals surface area contributed by atoms with E-state index in [4.69, 9.17) is 0 Å².